The number of nitrogens with zero attached hydrogens (tertiary/aromatic N) is 3. The number of benzene rings is 2. The third-order valence-electron chi connectivity index (χ3n) is 4.56. The number of methoxy groups -OCH3 is 1. The molecule has 0 unspecified atom stereocenters. The Morgan fingerprint density at radius 2 is 1.93 bits per heavy atom. The van der Waals surface area contributed by atoms with Gasteiger partial charge in [-0.2, -0.15) is 0 Å². The van der Waals surface area contributed by atoms with Crippen molar-refractivity contribution in [2.75, 3.05) is 7.11 Å². The van der Waals surface area contributed by atoms with Crippen LogP contribution in [-0.2, 0) is 4.79 Å². The van der Waals surface area contributed by atoms with Crippen LogP contribution >= 0.6 is 23.4 Å². The molecule has 0 amide bonds. The lowest BCUT2D eigenvalue weighted by Crippen LogP contribution is -2.10. The Labute approximate surface area is 166 Å². The third-order valence-corrected chi connectivity index (χ3v) is 6.07. The number of Topliss-reactive ketones (excluding diaryl/α,β-unsaturated/α-hetero) is 1. The molecule has 4 rings (SSSR count). The first kappa shape index (κ1) is 18.1. The number of thioether (sulfide) groups is 1. The molecule has 0 N–H and O–H groups in total. The van der Waals surface area contributed by atoms with Gasteiger partial charge in [-0.15, -0.1) is 10.2 Å². The van der Waals surface area contributed by atoms with Gasteiger partial charge in [0.2, 0.25) is 0 Å². The Morgan fingerprint density at radius 3 is 2.63 bits per heavy atom. The number of carbonyl (C=O) groups excluding carboxylic acids is 1. The topological polar surface area (TPSA) is 57.0 Å². The van der Waals surface area contributed by atoms with E-state index in [4.69, 9.17) is 16.3 Å². The first-order valence-corrected chi connectivity index (χ1v) is 9.97. The third kappa shape index (κ3) is 3.59. The molecule has 1 aliphatic rings. The highest BCUT2D eigenvalue weighted by Gasteiger charge is 2.29. The highest BCUT2D eigenvalue weighted by atomic mass is 35.5. The number of hydrogen-bond acceptors (Lipinski definition) is 5. The zero-order chi connectivity index (χ0) is 18.8. The van der Waals surface area contributed by atoms with Crippen LogP contribution in [0.1, 0.15) is 19.3 Å². The summed E-state index contributed by atoms with van der Waals surface area (Å²) in [6.07, 6.45) is 2.46. The monoisotopic (exact) mass is 399 g/mol. The molecule has 3 aromatic rings. The lowest BCUT2D eigenvalue weighted by molar-refractivity contribution is -0.116. The maximum atomic E-state index is 12.1. The van der Waals surface area contributed by atoms with Gasteiger partial charge in [0, 0.05) is 17.1 Å². The first-order chi connectivity index (χ1) is 13.2. The highest BCUT2D eigenvalue weighted by molar-refractivity contribution is 8.00. The molecular formula is C20H18ClN3O2S. The van der Waals surface area contributed by atoms with Crippen molar-refractivity contribution < 1.29 is 9.53 Å². The Hall–Kier alpha value is -2.31. The van der Waals surface area contributed by atoms with Crippen molar-refractivity contribution in [3.05, 3.63) is 53.6 Å². The minimum atomic E-state index is -0.0641. The zero-order valence-corrected chi connectivity index (χ0v) is 16.3. The molecule has 0 radical (unpaired) electrons. The van der Waals surface area contributed by atoms with E-state index in [0.717, 1.165) is 24.1 Å². The maximum Gasteiger partial charge on any atom is 0.196 e. The minimum Gasteiger partial charge on any atom is -0.496 e. The van der Waals surface area contributed by atoms with Crippen molar-refractivity contribution in [2.24, 2.45) is 0 Å². The molecule has 138 valence electrons. The van der Waals surface area contributed by atoms with Crippen molar-refractivity contribution in [1.29, 1.82) is 0 Å². The van der Waals surface area contributed by atoms with Gasteiger partial charge in [0.1, 0.15) is 11.5 Å². The van der Waals surface area contributed by atoms with Gasteiger partial charge in [-0.05, 0) is 49.2 Å². The molecule has 1 heterocycles. The van der Waals surface area contributed by atoms with Gasteiger partial charge in [-0.1, -0.05) is 35.5 Å². The summed E-state index contributed by atoms with van der Waals surface area (Å²) in [6, 6.07) is 15.2. The van der Waals surface area contributed by atoms with Crippen LogP contribution < -0.4 is 4.74 Å². The molecule has 7 heteroatoms. The Morgan fingerprint density at radius 1 is 1.15 bits per heavy atom. The smallest absolute Gasteiger partial charge is 0.196 e. The van der Waals surface area contributed by atoms with Crippen LogP contribution in [0.15, 0.2) is 53.7 Å². The van der Waals surface area contributed by atoms with E-state index in [1.54, 1.807) is 7.11 Å². The summed E-state index contributed by atoms with van der Waals surface area (Å²) >= 11 is 7.54. The van der Waals surface area contributed by atoms with E-state index < -0.39 is 0 Å². The lowest BCUT2D eigenvalue weighted by Gasteiger charge is -2.14. The standard InChI is InChI=1S/C20H18ClN3O2S/c1-26-17-7-3-2-5-15(17)19-22-23-20(27-18-8-4-6-16(18)25)24(19)14-11-9-13(21)10-12-14/h2-3,5,7,9-12,18H,4,6,8H2,1H3/t18-/m0/s1. The van der Waals surface area contributed by atoms with Crippen LogP contribution in [-0.4, -0.2) is 32.9 Å². The van der Waals surface area contributed by atoms with Crippen molar-refractivity contribution in [1.82, 2.24) is 14.8 Å². The second-order valence-corrected chi connectivity index (χ2v) is 7.89. The first-order valence-electron chi connectivity index (χ1n) is 8.71. The number of carbonyl (C=O) groups is 1. The van der Waals surface area contributed by atoms with Gasteiger partial charge in [-0.3, -0.25) is 9.36 Å². The number of ether oxygens (including phenoxy) is 1. The van der Waals surface area contributed by atoms with Crippen molar-refractivity contribution in [2.45, 2.75) is 29.7 Å². The number of ketones is 1. The lowest BCUT2D eigenvalue weighted by atomic mass is 10.2. The van der Waals surface area contributed by atoms with Gasteiger partial charge in [-0.25, -0.2) is 0 Å². The Bertz CT molecular complexity index is 972. The molecule has 5 nitrogen and oxygen atoms in total. The molecule has 1 fully saturated rings. The van der Waals surface area contributed by atoms with Crippen LogP contribution in [0.4, 0.5) is 0 Å². The molecule has 0 spiro atoms. The summed E-state index contributed by atoms with van der Waals surface area (Å²) in [5.74, 6) is 1.67. The molecule has 27 heavy (non-hydrogen) atoms. The van der Waals surface area contributed by atoms with E-state index in [0.29, 0.717) is 28.2 Å². The molecule has 0 bridgehead atoms. The van der Waals surface area contributed by atoms with Gasteiger partial charge in [0.15, 0.2) is 11.0 Å². The molecule has 0 saturated heterocycles. The number of rotatable bonds is 5. The van der Waals surface area contributed by atoms with E-state index in [-0.39, 0.29) is 11.0 Å². The summed E-state index contributed by atoms with van der Waals surface area (Å²) in [6.45, 7) is 0. The number of aromatic nitrogens is 3. The van der Waals surface area contributed by atoms with Gasteiger partial charge < -0.3 is 4.74 Å². The summed E-state index contributed by atoms with van der Waals surface area (Å²) in [7, 11) is 1.63. The molecule has 0 aliphatic heterocycles. The fourth-order valence-electron chi connectivity index (χ4n) is 3.21. The fraction of sp³-hybridized carbons (Fsp3) is 0.250. The van der Waals surface area contributed by atoms with Crippen LogP contribution in [0, 0.1) is 0 Å². The van der Waals surface area contributed by atoms with E-state index in [2.05, 4.69) is 10.2 Å². The van der Waals surface area contributed by atoms with Gasteiger partial charge in [0.25, 0.3) is 0 Å². The van der Waals surface area contributed by atoms with Crippen molar-refractivity contribution >= 4 is 29.1 Å². The number of hydrogen-bond donors (Lipinski definition) is 0. The summed E-state index contributed by atoms with van der Waals surface area (Å²) in [4.78, 5) is 12.1. The quantitative estimate of drug-likeness (QED) is 0.616. The van der Waals surface area contributed by atoms with Gasteiger partial charge >= 0.3 is 0 Å². The second kappa shape index (κ2) is 7.74. The summed E-state index contributed by atoms with van der Waals surface area (Å²) < 4.78 is 7.47. The van der Waals surface area contributed by atoms with E-state index in [1.165, 1.54) is 11.8 Å². The highest BCUT2D eigenvalue weighted by Crippen LogP contribution is 2.37. The van der Waals surface area contributed by atoms with Crippen LogP contribution in [0.5, 0.6) is 5.75 Å². The zero-order valence-electron chi connectivity index (χ0n) is 14.8. The van der Waals surface area contributed by atoms with Crippen molar-refractivity contribution in [3.63, 3.8) is 0 Å². The minimum absolute atomic E-state index is 0.0641. The average Bonchev–Trinajstić information content (AvgIpc) is 3.29. The van der Waals surface area contributed by atoms with Crippen LogP contribution in [0.25, 0.3) is 17.1 Å². The normalized spacial score (nSPS) is 16.7. The SMILES string of the molecule is COc1ccccc1-c1nnc(S[C@H]2CCCC2=O)n1-c1ccc(Cl)cc1. The predicted molar refractivity (Wildman–Crippen MR) is 107 cm³/mol. The van der Waals surface area contributed by atoms with E-state index >= 15 is 0 Å². The fourth-order valence-corrected chi connectivity index (χ4v) is 4.51. The second-order valence-electron chi connectivity index (χ2n) is 6.28. The molecular weight excluding hydrogens is 382 g/mol. The molecule has 1 aromatic heterocycles. The average molecular weight is 400 g/mol. The van der Waals surface area contributed by atoms with Crippen LogP contribution in [0.2, 0.25) is 5.02 Å². The van der Waals surface area contributed by atoms with E-state index in [1.807, 2.05) is 53.1 Å². The Kier molecular flexibility index (Phi) is 5.18. The molecule has 2 aromatic carbocycles. The summed E-state index contributed by atoms with van der Waals surface area (Å²) in [5, 5.41) is 10.1. The predicted octanol–water partition coefficient (Wildman–Crippen LogP) is 4.81. The molecule has 1 aliphatic carbocycles. The number of para-hydroxylation sites is 1. The summed E-state index contributed by atoms with van der Waals surface area (Å²) in [5.41, 5.74) is 1.73. The van der Waals surface area contributed by atoms with Crippen molar-refractivity contribution in [3.8, 4) is 22.8 Å². The maximum absolute atomic E-state index is 12.1. The van der Waals surface area contributed by atoms with E-state index in [9.17, 15) is 4.79 Å². The number of halogens is 1. The molecule has 1 saturated carbocycles. The Balaban J connectivity index is 1.84. The molecule has 1 atom stereocenters. The van der Waals surface area contributed by atoms with Crippen LogP contribution in [0.3, 0.4) is 0 Å². The van der Waals surface area contributed by atoms with Gasteiger partial charge in [0.05, 0.1) is 17.9 Å². The largest absolute Gasteiger partial charge is 0.496 e.